The maximum atomic E-state index is 12.6. The molecule has 1 atom stereocenters. The quantitative estimate of drug-likeness (QED) is 0.652. The second-order valence-corrected chi connectivity index (χ2v) is 7.58. The van der Waals surface area contributed by atoms with E-state index in [1.165, 1.54) is 35.1 Å². The maximum absolute atomic E-state index is 12.6. The van der Waals surface area contributed by atoms with E-state index in [9.17, 15) is 4.79 Å². The van der Waals surface area contributed by atoms with Gasteiger partial charge in [0.25, 0.3) is 5.91 Å². The third kappa shape index (κ3) is 4.83. The topological polar surface area (TPSA) is 51.2 Å². The molecule has 1 aliphatic rings. The molecule has 4 heteroatoms. The second-order valence-electron chi connectivity index (χ2n) is 7.58. The largest absolute Gasteiger partial charge is 0.481 e. The SMILES string of the molecule is CC(Oc1cccc2c1CCCC2)C(=O)Nc1ccc(Cc2ccncc2)cc1. The van der Waals surface area contributed by atoms with Gasteiger partial charge < -0.3 is 10.1 Å². The summed E-state index contributed by atoms with van der Waals surface area (Å²) in [4.78, 5) is 16.7. The smallest absolute Gasteiger partial charge is 0.265 e. The normalized spacial score (nSPS) is 14.0. The third-order valence-electron chi connectivity index (χ3n) is 5.40. The fourth-order valence-electron chi connectivity index (χ4n) is 3.79. The van der Waals surface area contributed by atoms with Gasteiger partial charge in [-0.1, -0.05) is 24.3 Å². The van der Waals surface area contributed by atoms with E-state index in [4.69, 9.17) is 4.74 Å². The average Bonchev–Trinajstić information content (AvgIpc) is 2.76. The Morgan fingerprint density at radius 2 is 1.72 bits per heavy atom. The molecule has 0 spiro atoms. The highest BCUT2D eigenvalue weighted by atomic mass is 16.5. The van der Waals surface area contributed by atoms with Gasteiger partial charge in [-0.3, -0.25) is 9.78 Å². The van der Waals surface area contributed by atoms with E-state index in [1.807, 2.05) is 48.5 Å². The molecule has 0 saturated heterocycles. The number of carbonyl (C=O) groups is 1. The number of carbonyl (C=O) groups excluding carboxylic acids is 1. The van der Waals surface area contributed by atoms with Gasteiger partial charge in [0.15, 0.2) is 6.10 Å². The van der Waals surface area contributed by atoms with Gasteiger partial charge >= 0.3 is 0 Å². The van der Waals surface area contributed by atoms with Crippen molar-refractivity contribution in [3.05, 3.63) is 89.2 Å². The second kappa shape index (κ2) is 8.91. The standard InChI is InChI=1S/C25H26N2O2/c1-18(29-24-8-4-6-21-5-2-3-7-23(21)24)25(28)27-22-11-9-19(10-12-22)17-20-13-15-26-16-14-20/h4,6,8-16,18H,2-3,5,7,17H2,1H3,(H,27,28). The Kier molecular flexibility index (Phi) is 5.89. The minimum Gasteiger partial charge on any atom is -0.481 e. The van der Waals surface area contributed by atoms with Crippen LogP contribution in [0.3, 0.4) is 0 Å². The molecule has 1 amide bonds. The Hall–Kier alpha value is -3.14. The van der Waals surface area contributed by atoms with Crippen molar-refractivity contribution in [2.75, 3.05) is 5.32 Å². The summed E-state index contributed by atoms with van der Waals surface area (Å²) in [5, 5.41) is 2.96. The molecule has 0 radical (unpaired) electrons. The highest BCUT2D eigenvalue weighted by Crippen LogP contribution is 2.30. The van der Waals surface area contributed by atoms with Crippen molar-refractivity contribution in [1.82, 2.24) is 4.98 Å². The molecule has 0 fully saturated rings. The molecular formula is C25H26N2O2. The van der Waals surface area contributed by atoms with Gasteiger partial charge in [0.1, 0.15) is 5.75 Å². The maximum Gasteiger partial charge on any atom is 0.265 e. The van der Waals surface area contributed by atoms with Crippen molar-refractivity contribution in [2.45, 2.75) is 45.1 Å². The number of nitrogens with zero attached hydrogens (tertiary/aromatic N) is 1. The van der Waals surface area contributed by atoms with Crippen LogP contribution in [0.25, 0.3) is 0 Å². The van der Waals surface area contributed by atoms with Crippen molar-refractivity contribution < 1.29 is 9.53 Å². The lowest BCUT2D eigenvalue weighted by Crippen LogP contribution is -2.30. The number of aryl methyl sites for hydroxylation is 1. The van der Waals surface area contributed by atoms with Crippen LogP contribution in [0.4, 0.5) is 5.69 Å². The molecule has 0 saturated carbocycles. The third-order valence-corrected chi connectivity index (χ3v) is 5.40. The molecule has 4 nitrogen and oxygen atoms in total. The number of amides is 1. The van der Waals surface area contributed by atoms with E-state index in [0.29, 0.717) is 0 Å². The minimum atomic E-state index is -0.556. The van der Waals surface area contributed by atoms with Crippen LogP contribution in [0.15, 0.2) is 67.0 Å². The molecule has 2 aromatic carbocycles. The van der Waals surface area contributed by atoms with Gasteiger partial charge in [-0.25, -0.2) is 0 Å². The highest BCUT2D eigenvalue weighted by molar-refractivity contribution is 5.94. The van der Waals surface area contributed by atoms with Crippen LogP contribution in [0.1, 0.15) is 42.0 Å². The first-order valence-corrected chi connectivity index (χ1v) is 10.2. The first-order chi connectivity index (χ1) is 14.2. The van der Waals surface area contributed by atoms with E-state index in [0.717, 1.165) is 30.7 Å². The Morgan fingerprint density at radius 3 is 2.52 bits per heavy atom. The van der Waals surface area contributed by atoms with Crippen LogP contribution in [0.5, 0.6) is 5.75 Å². The molecule has 148 valence electrons. The summed E-state index contributed by atoms with van der Waals surface area (Å²) in [6.45, 7) is 1.80. The van der Waals surface area contributed by atoms with Gasteiger partial charge in [0.05, 0.1) is 0 Å². The summed E-state index contributed by atoms with van der Waals surface area (Å²) < 4.78 is 6.03. The van der Waals surface area contributed by atoms with Crippen LogP contribution in [0, 0.1) is 0 Å². The highest BCUT2D eigenvalue weighted by Gasteiger charge is 2.19. The summed E-state index contributed by atoms with van der Waals surface area (Å²) in [5.41, 5.74) is 5.79. The number of ether oxygens (including phenoxy) is 1. The molecule has 1 heterocycles. The van der Waals surface area contributed by atoms with E-state index in [1.54, 1.807) is 19.3 Å². The number of hydrogen-bond donors (Lipinski definition) is 1. The van der Waals surface area contributed by atoms with Crippen molar-refractivity contribution in [2.24, 2.45) is 0 Å². The average molecular weight is 386 g/mol. The number of anilines is 1. The Bertz CT molecular complexity index is 968. The Labute approximate surface area is 172 Å². The summed E-state index contributed by atoms with van der Waals surface area (Å²) in [7, 11) is 0. The van der Waals surface area contributed by atoms with Crippen LogP contribution >= 0.6 is 0 Å². The lowest BCUT2D eigenvalue weighted by atomic mass is 9.91. The molecule has 29 heavy (non-hydrogen) atoms. The van der Waals surface area contributed by atoms with Gasteiger partial charge in [-0.05, 0) is 91.6 Å². The summed E-state index contributed by atoms with van der Waals surface area (Å²) in [6.07, 6.45) is 8.42. The molecular weight excluding hydrogens is 360 g/mol. The minimum absolute atomic E-state index is 0.139. The first-order valence-electron chi connectivity index (χ1n) is 10.2. The fourth-order valence-corrected chi connectivity index (χ4v) is 3.79. The van der Waals surface area contributed by atoms with Crippen LogP contribution in [-0.2, 0) is 24.1 Å². The molecule has 1 N–H and O–H groups in total. The predicted octanol–water partition coefficient (Wildman–Crippen LogP) is 4.96. The number of pyridine rings is 1. The molecule has 0 aliphatic heterocycles. The molecule has 4 rings (SSSR count). The predicted molar refractivity (Wildman–Crippen MR) is 115 cm³/mol. The first kappa shape index (κ1) is 19.2. The lowest BCUT2D eigenvalue weighted by Gasteiger charge is -2.22. The molecule has 1 unspecified atom stereocenters. The Morgan fingerprint density at radius 1 is 1.00 bits per heavy atom. The van der Waals surface area contributed by atoms with E-state index in [2.05, 4.69) is 16.4 Å². The lowest BCUT2D eigenvalue weighted by molar-refractivity contribution is -0.122. The fraction of sp³-hybridized carbons (Fsp3) is 0.280. The van der Waals surface area contributed by atoms with Crippen molar-refractivity contribution in [3.8, 4) is 5.75 Å². The van der Waals surface area contributed by atoms with E-state index >= 15 is 0 Å². The summed E-state index contributed by atoms with van der Waals surface area (Å²) >= 11 is 0. The Balaban J connectivity index is 1.36. The van der Waals surface area contributed by atoms with Crippen molar-refractivity contribution >= 4 is 11.6 Å². The van der Waals surface area contributed by atoms with Gasteiger partial charge in [-0.15, -0.1) is 0 Å². The van der Waals surface area contributed by atoms with Crippen molar-refractivity contribution in [1.29, 1.82) is 0 Å². The zero-order valence-electron chi connectivity index (χ0n) is 16.7. The number of rotatable bonds is 6. The molecule has 1 aliphatic carbocycles. The molecule has 0 bridgehead atoms. The number of hydrogen-bond acceptors (Lipinski definition) is 3. The number of fused-ring (bicyclic) bond motifs is 1. The zero-order valence-corrected chi connectivity index (χ0v) is 16.7. The van der Waals surface area contributed by atoms with E-state index in [-0.39, 0.29) is 5.91 Å². The van der Waals surface area contributed by atoms with Gasteiger partial charge in [0, 0.05) is 18.1 Å². The molecule has 3 aromatic rings. The zero-order chi connectivity index (χ0) is 20.1. The summed E-state index contributed by atoms with van der Waals surface area (Å²) in [6, 6.07) is 18.1. The monoisotopic (exact) mass is 386 g/mol. The number of benzene rings is 2. The number of nitrogens with one attached hydrogen (secondary N) is 1. The van der Waals surface area contributed by atoms with Crippen molar-refractivity contribution in [3.63, 3.8) is 0 Å². The molecule has 1 aromatic heterocycles. The van der Waals surface area contributed by atoms with E-state index < -0.39 is 6.10 Å². The number of aromatic nitrogens is 1. The van der Waals surface area contributed by atoms with Gasteiger partial charge in [0.2, 0.25) is 0 Å². The van der Waals surface area contributed by atoms with Crippen LogP contribution < -0.4 is 10.1 Å². The van der Waals surface area contributed by atoms with Crippen LogP contribution in [-0.4, -0.2) is 17.0 Å². The van der Waals surface area contributed by atoms with Crippen LogP contribution in [0.2, 0.25) is 0 Å². The summed E-state index contributed by atoms with van der Waals surface area (Å²) in [5.74, 6) is 0.706. The van der Waals surface area contributed by atoms with Gasteiger partial charge in [-0.2, -0.15) is 0 Å².